The summed E-state index contributed by atoms with van der Waals surface area (Å²) in [7, 11) is 1.74. The van der Waals surface area contributed by atoms with Crippen LogP contribution in [0.1, 0.15) is 39.5 Å². The average molecular weight is 256 g/mol. The molecule has 104 valence electrons. The zero-order valence-electron chi connectivity index (χ0n) is 11.5. The van der Waals surface area contributed by atoms with E-state index in [2.05, 4.69) is 5.32 Å². The number of hydrogen-bond donors (Lipinski definition) is 2. The fourth-order valence-electron chi connectivity index (χ4n) is 2.50. The number of aliphatic carboxylic acids is 1. The fraction of sp³-hybridized carbons (Fsp3) is 0.846. The van der Waals surface area contributed by atoms with Crippen LogP contribution >= 0.6 is 0 Å². The summed E-state index contributed by atoms with van der Waals surface area (Å²) in [6, 6.07) is -0.389. The maximum absolute atomic E-state index is 11.9. The molecular weight excluding hydrogens is 232 g/mol. The van der Waals surface area contributed by atoms with Gasteiger partial charge in [0.2, 0.25) is 0 Å². The van der Waals surface area contributed by atoms with Crippen LogP contribution in [0.25, 0.3) is 0 Å². The van der Waals surface area contributed by atoms with E-state index in [0.717, 1.165) is 19.3 Å². The second kappa shape index (κ2) is 6.61. The molecule has 0 aromatic carbocycles. The predicted molar refractivity (Wildman–Crippen MR) is 69.4 cm³/mol. The van der Waals surface area contributed by atoms with E-state index in [4.69, 9.17) is 5.11 Å². The number of hydrogen-bond acceptors (Lipinski definition) is 2. The Morgan fingerprint density at radius 1 is 1.33 bits per heavy atom. The predicted octanol–water partition coefficient (Wildman–Crippen LogP) is 1.93. The largest absolute Gasteiger partial charge is 0.481 e. The van der Waals surface area contributed by atoms with Gasteiger partial charge in [-0.3, -0.25) is 4.79 Å². The van der Waals surface area contributed by atoms with Crippen LogP contribution in [0.2, 0.25) is 0 Å². The van der Waals surface area contributed by atoms with E-state index in [-0.39, 0.29) is 12.1 Å². The van der Waals surface area contributed by atoms with Crippen molar-refractivity contribution in [3.63, 3.8) is 0 Å². The lowest BCUT2D eigenvalue weighted by Crippen LogP contribution is -2.49. The zero-order chi connectivity index (χ0) is 13.7. The van der Waals surface area contributed by atoms with Crippen molar-refractivity contribution >= 4 is 12.0 Å². The molecule has 2 unspecified atom stereocenters. The molecule has 5 heteroatoms. The second-order valence-corrected chi connectivity index (χ2v) is 5.56. The van der Waals surface area contributed by atoms with Gasteiger partial charge in [-0.15, -0.1) is 0 Å². The van der Waals surface area contributed by atoms with Crippen molar-refractivity contribution in [1.29, 1.82) is 0 Å². The number of carboxylic acids is 1. The van der Waals surface area contributed by atoms with E-state index in [9.17, 15) is 9.59 Å². The standard InChI is InChI=1S/C13H24N2O3/c1-9(2)8-15(3)13(18)14-11-7-5-4-6-10(11)12(16)17/h9-11H,4-8H2,1-3H3,(H,14,18)(H,16,17). The molecule has 1 rings (SSSR count). The Morgan fingerprint density at radius 3 is 2.50 bits per heavy atom. The molecule has 2 N–H and O–H groups in total. The maximum Gasteiger partial charge on any atom is 0.317 e. The highest BCUT2D eigenvalue weighted by molar-refractivity contribution is 5.76. The van der Waals surface area contributed by atoms with Gasteiger partial charge >= 0.3 is 12.0 Å². The molecule has 1 fully saturated rings. The van der Waals surface area contributed by atoms with Crippen molar-refractivity contribution in [3.05, 3.63) is 0 Å². The normalized spacial score (nSPS) is 23.8. The third-order valence-electron chi connectivity index (χ3n) is 3.38. The summed E-state index contributed by atoms with van der Waals surface area (Å²) in [5.41, 5.74) is 0. The van der Waals surface area contributed by atoms with Crippen LogP contribution in [-0.2, 0) is 4.79 Å². The molecule has 0 spiro atoms. The molecule has 2 atom stereocenters. The summed E-state index contributed by atoms with van der Waals surface area (Å²) in [6.45, 7) is 4.77. The molecule has 5 nitrogen and oxygen atoms in total. The highest BCUT2D eigenvalue weighted by atomic mass is 16.4. The molecule has 0 saturated heterocycles. The van der Waals surface area contributed by atoms with E-state index >= 15 is 0 Å². The molecular formula is C13H24N2O3. The van der Waals surface area contributed by atoms with Crippen LogP contribution in [0, 0.1) is 11.8 Å². The summed E-state index contributed by atoms with van der Waals surface area (Å²) in [5, 5.41) is 12.0. The molecule has 0 aromatic heterocycles. The molecule has 0 radical (unpaired) electrons. The SMILES string of the molecule is CC(C)CN(C)C(=O)NC1CCCCC1C(=O)O. The summed E-state index contributed by atoms with van der Waals surface area (Å²) < 4.78 is 0. The number of rotatable bonds is 4. The van der Waals surface area contributed by atoms with Crippen molar-refractivity contribution in [3.8, 4) is 0 Å². The molecule has 0 aliphatic heterocycles. The third-order valence-corrected chi connectivity index (χ3v) is 3.38. The van der Waals surface area contributed by atoms with Gasteiger partial charge in [0.25, 0.3) is 0 Å². The summed E-state index contributed by atoms with van der Waals surface area (Å²) in [6.07, 6.45) is 3.35. The molecule has 0 bridgehead atoms. The van der Waals surface area contributed by atoms with Crippen LogP contribution < -0.4 is 5.32 Å². The van der Waals surface area contributed by atoms with Crippen molar-refractivity contribution in [2.45, 2.75) is 45.6 Å². The number of nitrogens with zero attached hydrogens (tertiary/aromatic N) is 1. The average Bonchev–Trinajstić information content (AvgIpc) is 2.28. The Bertz CT molecular complexity index is 305. The molecule has 0 heterocycles. The topological polar surface area (TPSA) is 69.6 Å². The van der Waals surface area contributed by atoms with Gasteiger partial charge in [-0.1, -0.05) is 26.7 Å². The maximum atomic E-state index is 11.9. The van der Waals surface area contributed by atoms with Gasteiger partial charge < -0.3 is 15.3 Å². The van der Waals surface area contributed by atoms with Gasteiger partial charge in [-0.25, -0.2) is 4.79 Å². The monoisotopic (exact) mass is 256 g/mol. The van der Waals surface area contributed by atoms with E-state index in [1.165, 1.54) is 0 Å². The minimum atomic E-state index is -0.800. The molecule has 0 aromatic rings. The summed E-state index contributed by atoms with van der Waals surface area (Å²) >= 11 is 0. The Kier molecular flexibility index (Phi) is 5.44. The third kappa shape index (κ3) is 4.20. The molecule has 18 heavy (non-hydrogen) atoms. The Balaban J connectivity index is 2.53. The van der Waals surface area contributed by atoms with Gasteiger partial charge in [-0.05, 0) is 18.8 Å². The Hall–Kier alpha value is -1.26. The van der Waals surface area contributed by atoms with Gasteiger partial charge in [0, 0.05) is 19.6 Å². The van der Waals surface area contributed by atoms with Crippen molar-refractivity contribution in [1.82, 2.24) is 10.2 Å². The molecule has 1 aliphatic rings. The molecule has 1 saturated carbocycles. The van der Waals surface area contributed by atoms with Crippen molar-refractivity contribution in [2.24, 2.45) is 11.8 Å². The van der Waals surface area contributed by atoms with Crippen LogP contribution in [-0.4, -0.2) is 41.6 Å². The van der Waals surface area contributed by atoms with Crippen molar-refractivity contribution in [2.75, 3.05) is 13.6 Å². The second-order valence-electron chi connectivity index (χ2n) is 5.56. The smallest absolute Gasteiger partial charge is 0.317 e. The Labute approximate surface area is 109 Å². The van der Waals surface area contributed by atoms with Gasteiger partial charge in [0.1, 0.15) is 0 Å². The van der Waals surface area contributed by atoms with Gasteiger partial charge in [0.15, 0.2) is 0 Å². The van der Waals surface area contributed by atoms with Crippen LogP contribution in [0.3, 0.4) is 0 Å². The summed E-state index contributed by atoms with van der Waals surface area (Å²) in [5.74, 6) is -0.830. The number of nitrogens with one attached hydrogen (secondary N) is 1. The first-order valence-electron chi connectivity index (χ1n) is 6.66. The fourth-order valence-corrected chi connectivity index (χ4v) is 2.50. The van der Waals surface area contributed by atoms with E-state index in [0.29, 0.717) is 18.9 Å². The number of carbonyl (C=O) groups is 2. The first-order valence-corrected chi connectivity index (χ1v) is 6.66. The van der Waals surface area contributed by atoms with E-state index in [1.54, 1.807) is 11.9 Å². The van der Waals surface area contributed by atoms with Crippen molar-refractivity contribution < 1.29 is 14.7 Å². The number of amides is 2. The molecule has 2 amide bonds. The first-order chi connectivity index (χ1) is 8.41. The lowest BCUT2D eigenvalue weighted by Gasteiger charge is -2.31. The van der Waals surface area contributed by atoms with Crippen LogP contribution in [0.15, 0.2) is 0 Å². The highest BCUT2D eigenvalue weighted by Gasteiger charge is 2.32. The zero-order valence-corrected chi connectivity index (χ0v) is 11.5. The van der Waals surface area contributed by atoms with E-state index < -0.39 is 11.9 Å². The van der Waals surface area contributed by atoms with Gasteiger partial charge in [0.05, 0.1) is 5.92 Å². The lowest BCUT2D eigenvalue weighted by molar-refractivity contribution is -0.143. The van der Waals surface area contributed by atoms with Crippen LogP contribution in [0.4, 0.5) is 4.79 Å². The minimum absolute atomic E-state index is 0.165. The lowest BCUT2D eigenvalue weighted by atomic mass is 9.84. The molecule has 1 aliphatic carbocycles. The highest BCUT2D eigenvalue weighted by Crippen LogP contribution is 2.24. The quantitative estimate of drug-likeness (QED) is 0.807. The Morgan fingerprint density at radius 2 is 1.94 bits per heavy atom. The number of urea groups is 1. The minimum Gasteiger partial charge on any atom is -0.481 e. The summed E-state index contributed by atoms with van der Waals surface area (Å²) in [4.78, 5) is 24.7. The van der Waals surface area contributed by atoms with Crippen LogP contribution in [0.5, 0.6) is 0 Å². The van der Waals surface area contributed by atoms with E-state index in [1.807, 2.05) is 13.8 Å². The first kappa shape index (κ1) is 14.8. The number of carbonyl (C=O) groups excluding carboxylic acids is 1. The number of carboxylic acid groups (broad SMARTS) is 1. The van der Waals surface area contributed by atoms with Gasteiger partial charge in [-0.2, -0.15) is 0 Å².